The molecule has 7 fully saturated rings. The Balaban J connectivity index is 1.27. The smallest absolute Gasteiger partial charge is 0.125 e. The number of aliphatic hydroxyl groups is 1. The molecule has 4 bridgehead atoms. The molecule has 0 amide bonds. The van der Waals surface area contributed by atoms with E-state index in [4.69, 9.17) is 0 Å². The molecule has 0 unspecified atom stereocenters. The topological polar surface area (TPSA) is 36.4 Å². The summed E-state index contributed by atoms with van der Waals surface area (Å²) in [7, 11) is 0. The maximum absolute atomic E-state index is 11.6. The van der Waals surface area contributed by atoms with E-state index in [-0.39, 0.29) is 0 Å². The van der Waals surface area contributed by atoms with Crippen LogP contribution >= 0.6 is 0 Å². The van der Waals surface area contributed by atoms with Gasteiger partial charge in [0, 0.05) is 42.7 Å². The molecule has 5 saturated carbocycles. The zero-order valence-electron chi connectivity index (χ0n) is 12.0. The van der Waals surface area contributed by atoms with Crippen molar-refractivity contribution in [3.8, 4) is 0 Å². The van der Waals surface area contributed by atoms with Gasteiger partial charge in [-0.1, -0.05) is 6.07 Å². The third kappa shape index (κ3) is 0.825. The Morgan fingerprint density at radius 2 is 2.10 bits per heavy atom. The highest BCUT2D eigenvalue weighted by Gasteiger charge is 2.93. The number of hydrogen-bond acceptors (Lipinski definition) is 3. The van der Waals surface area contributed by atoms with Crippen LogP contribution in [0, 0.1) is 47.3 Å². The van der Waals surface area contributed by atoms with Crippen LogP contribution in [0.1, 0.15) is 12.1 Å². The Kier molecular flexibility index (Phi) is 1.50. The summed E-state index contributed by atoms with van der Waals surface area (Å²) in [6.45, 7) is 1.01. The average molecular weight is 280 g/mol. The summed E-state index contributed by atoms with van der Waals surface area (Å²) in [5.74, 6) is 6.81. The summed E-state index contributed by atoms with van der Waals surface area (Å²) in [5, 5.41) is 11.6. The van der Waals surface area contributed by atoms with Crippen molar-refractivity contribution < 1.29 is 5.11 Å². The molecular formula is C18H20N2O. The Morgan fingerprint density at radius 3 is 2.95 bits per heavy atom. The third-order valence-corrected chi connectivity index (χ3v) is 8.55. The summed E-state index contributed by atoms with van der Waals surface area (Å²) in [5.41, 5.74) is 0.760. The first kappa shape index (κ1) is 10.7. The molecule has 0 aromatic carbocycles. The van der Waals surface area contributed by atoms with Crippen LogP contribution < -0.4 is 0 Å². The lowest BCUT2D eigenvalue weighted by Gasteiger charge is -2.45. The number of pyridine rings is 1. The molecule has 10 atom stereocenters. The van der Waals surface area contributed by atoms with Gasteiger partial charge in [-0.2, -0.15) is 0 Å². The number of aromatic nitrogens is 1. The fourth-order valence-electron chi connectivity index (χ4n) is 8.65. The molecule has 1 aromatic rings. The molecule has 1 aromatic heterocycles. The van der Waals surface area contributed by atoms with E-state index < -0.39 is 5.72 Å². The van der Waals surface area contributed by atoms with Crippen molar-refractivity contribution in [3.05, 3.63) is 30.1 Å². The van der Waals surface area contributed by atoms with Gasteiger partial charge in [0.1, 0.15) is 5.72 Å². The van der Waals surface area contributed by atoms with Gasteiger partial charge < -0.3 is 5.11 Å². The minimum atomic E-state index is -0.411. The van der Waals surface area contributed by atoms with Crippen LogP contribution in [0.2, 0.25) is 0 Å². The quantitative estimate of drug-likeness (QED) is 0.909. The van der Waals surface area contributed by atoms with Gasteiger partial charge in [0.15, 0.2) is 0 Å². The number of rotatable bonds is 3. The molecular weight excluding hydrogens is 260 g/mol. The lowest BCUT2D eigenvalue weighted by atomic mass is 9.59. The molecule has 7 aliphatic rings. The fourth-order valence-corrected chi connectivity index (χ4v) is 8.65. The number of hydrogen-bond donors (Lipinski definition) is 1. The van der Waals surface area contributed by atoms with Gasteiger partial charge >= 0.3 is 0 Å². The monoisotopic (exact) mass is 280 g/mol. The summed E-state index contributed by atoms with van der Waals surface area (Å²) in [6, 6.07) is 6.90. The molecule has 2 saturated heterocycles. The summed E-state index contributed by atoms with van der Waals surface area (Å²) >= 11 is 0. The van der Waals surface area contributed by atoms with E-state index in [0.717, 1.165) is 54.5 Å². The zero-order valence-corrected chi connectivity index (χ0v) is 12.0. The predicted octanol–water partition coefficient (Wildman–Crippen LogP) is 1.38. The third-order valence-electron chi connectivity index (χ3n) is 8.55. The van der Waals surface area contributed by atoms with Crippen molar-refractivity contribution in [2.45, 2.75) is 24.6 Å². The summed E-state index contributed by atoms with van der Waals surface area (Å²) < 4.78 is 0. The SMILES string of the molecule is O[C@@]12[C@@H]3[C@@H]4[C@H]5C[C@H]6[C@@H]4[C@@H]3[C@H]([C@H]6[C@H]51)N2CCc1ccccn1. The van der Waals surface area contributed by atoms with E-state index in [0.29, 0.717) is 11.8 Å². The number of nitrogens with zero attached hydrogens (tertiary/aromatic N) is 2. The van der Waals surface area contributed by atoms with Crippen molar-refractivity contribution in [1.29, 1.82) is 0 Å². The second-order valence-corrected chi connectivity index (χ2v) is 8.46. The highest BCUT2D eigenvalue weighted by atomic mass is 16.3. The molecule has 3 nitrogen and oxygen atoms in total. The van der Waals surface area contributed by atoms with Gasteiger partial charge in [-0.25, -0.2) is 0 Å². The van der Waals surface area contributed by atoms with Crippen molar-refractivity contribution in [3.63, 3.8) is 0 Å². The lowest BCUT2D eigenvalue weighted by molar-refractivity contribution is -0.130. The second-order valence-electron chi connectivity index (χ2n) is 8.46. The Hall–Kier alpha value is -0.930. The van der Waals surface area contributed by atoms with Crippen molar-refractivity contribution in [2.75, 3.05) is 6.54 Å². The largest absolute Gasteiger partial charge is 0.375 e. The van der Waals surface area contributed by atoms with Crippen LogP contribution in [0.3, 0.4) is 0 Å². The van der Waals surface area contributed by atoms with Gasteiger partial charge in [-0.15, -0.1) is 0 Å². The van der Waals surface area contributed by atoms with Gasteiger partial charge in [0.25, 0.3) is 0 Å². The molecule has 0 radical (unpaired) electrons. The zero-order chi connectivity index (χ0) is 13.5. The van der Waals surface area contributed by atoms with E-state index in [1.807, 2.05) is 12.3 Å². The first-order chi connectivity index (χ1) is 10.3. The molecule has 3 heterocycles. The highest BCUT2D eigenvalue weighted by molar-refractivity contribution is 5.40. The van der Waals surface area contributed by atoms with Crippen molar-refractivity contribution in [1.82, 2.24) is 9.88 Å². The second kappa shape index (κ2) is 2.93. The van der Waals surface area contributed by atoms with E-state index in [9.17, 15) is 5.11 Å². The van der Waals surface area contributed by atoms with Crippen LogP contribution in [0.5, 0.6) is 0 Å². The highest BCUT2D eigenvalue weighted by Crippen LogP contribution is 2.90. The molecule has 21 heavy (non-hydrogen) atoms. The van der Waals surface area contributed by atoms with Crippen molar-refractivity contribution >= 4 is 0 Å². The molecule has 2 aliphatic heterocycles. The van der Waals surface area contributed by atoms with Gasteiger partial charge in [0.05, 0.1) is 0 Å². The van der Waals surface area contributed by atoms with Gasteiger partial charge in [0.2, 0.25) is 0 Å². The first-order valence-electron chi connectivity index (χ1n) is 8.71. The Bertz CT molecular complexity index is 662. The minimum absolute atomic E-state index is 0.411. The van der Waals surface area contributed by atoms with Gasteiger partial charge in [-0.3, -0.25) is 9.88 Å². The van der Waals surface area contributed by atoms with Crippen LogP contribution in [-0.4, -0.2) is 33.3 Å². The fraction of sp³-hybridized carbons (Fsp3) is 0.722. The standard InChI is InChI=1S/C18H20N2O/c21-18-15-10-7-9-11-12(10)16(18)14(11)17(13(9)15)20(18)6-4-8-3-1-2-5-19-8/h1-3,5,9-17,21H,4,6-7H2/t9-,10+,11-,12+,13+,14-,15-,16+,17-,18+/m0/s1. The van der Waals surface area contributed by atoms with Crippen LogP contribution in [0.25, 0.3) is 0 Å². The van der Waals surface area contributed by atoms with Crippen molar-refractivity contribution in [2.24, 2.45) is 47.3 Å². The van der Waals surface area contributed by atoms with Crippen LogP contribution in [0.15, 0.2) is 24.4 Å². The van der Waals surface area contributed by atoms with E-state index >= 15 is 0 Å². The Labute approximate surface area is 124 Å². The molecule has 1 N–H and O–H groups in total. The summed E-state index contributed by atoms with van der Waals surface area (Å²) in [6.07, 6.45) is 4.34. The predicted molar refractivity (Wildman–Crippen MR) is 75.9 cm³/mol. The van der Waals surface area contributed by atoms with E-state index in [2.05, 4.69) is 22.0 Å². The molecule has 108 valence electrons. The van der Waals surface area contributed by atoms with Gasteiger partial charge in [-0.05, 0) is 54.1 Å². The normalized spacial score (nSPS) is 63.2. The average Bonchev–Trinajstić information content (AvgIpc) is 3.10. The summed E-state index contributed by atoms with van der Waals surface area (Å²) in [4.78, 5) is 7.01. The molecule has 3 heteroatoms. The van der Waals surface area contributed by atoms with E-state index in [1.165, 1.54) is 12.1 Å². The molecule has 0 spiro atoms. The Morgan fingerprint density at radius 1 is 1.14 bits per heavy atom. The molecule has 5 aliphatic carbocycles. The lowest BCUT2D eigenvalue weighted by Crippen LogP contribution is -2.51. The minimum Gasteiger partial charge on any atom is -0.375 e. The van der Waals surface area contributed by atoms with E-state index in [1.54, 1.807) is 0 Å². The maximum atomic E-state index is 11.6. The maximum Gasteiger partial charge on any atom is 0.125 e. The van der Waals surface area contributed by atoms with Crippen LogP contribution in [-0.2, 0) is 6.42 Å². The molecule has 8 rings (SSSR count). The van der Waals surface area contributed by atoms with Crippen LogP contribution in [0.4, 0.5) is 0 Å². The first-order valence-corrected chi connectivity index (χ1v) is 8.71.